The van der Waals surface area contributed by atoms with Crippen LogP contribution < -0.4 is 0 Å². The molecule has 0 N–H and O–H groups in total. The average Bonchev–Trinajstić information content (AvgIpc) is 0.642. The minimum atomic E-state index is -0.0871. The number of benzene rings is 13. The lowest BCUT2D eigenvalue weighted by molar-refractivity contribution is -0.140. The molecular formula is C114H156O2. The number of aryl methyl sites for hydroxylation is 5. The Hall–Kier alpha value is -6.43. The number of hydrogen-bond acceptors (Lipinski definition) is 2. The molecule has 0 bridgehead atoms. The summed E-state index contributed by atoms with van der Waals surface area (Å²) in [6.07, 6.45) is 81.6. The zero-order chi connectivity index (χ0) is 80.1. The first-order valence-corrected chi connectivity index (χ1v) is 50.3. The van der Waals surface area contributed by atoms with Crippen molar-refractivity contribution in [2.24, 2.45) is 0 Å². The molecule has 0 saturated heterocycles. The first-order chi connectivity index (χ1) is 57.4. The Morgan fingerprint density at radius 1 is 0.216 bits per heavy atom. The topological polar surface area (TPSA) is 26.3 Å². The highest BCUT2D eigenvalue weighted by Gasteiger charge is 2.33. The van der Waals surface area contributed by atoms with Crippen LogP contribution in [0.5, 0.6) is 0 Å². The molecule has 0 fully saturated rings. The van der Waals surface area contributed by atoms with Crippen LogP contribution >= 0.6 is 0 Å². The van der Waals surface area contributed by atoms with Gasteiger partial charge in [0.1, 0.15) is 0 Å². The van der Waals surface area contributed by atoms with E-state index in [-0.39, 0.29) is 5.97 Å². The highest BCUT2D eigenvalue weighted by atomic mass is 16.5. The second-order valence-electron chi connectivity index (χ2n) is 37.7. The summed E-state index contributed by atoms with van der Waals surface area (Å²) < 4.78 is 4.96. The van der Waals surface area contributed by atoms with E-state index in [1.165, 1.54) is 444 Å². The molecule has 0 heterocycles. The first-order valence-electron chi connectivity index (χ1n) is 50.3. The van der Waals surface area contributed by atoms with E-state index < -0.39 is 0 Å². The number of methoxy groups -OCH3 is 1. The lowest BCUT2D eigenvalue weighted by atomic mass is 9.72. The van der Waals surface area contributed by atoms with Crippen molar-refractivity contribution in [2.75, 3.05) is 7.11 Å². The van der Waals surface area contributed by atoms with Crippen LogP contribution in [0.4, 0.5) is 0 Å². The van der Waals surface area contributed by atoms with E-state index >= 15 is 0 Å². The van der Waals surface area contributed by atoms with Gasteiger partial charge in [0, 0.05) is 18.4 Å². The number of rotatable bonds is 63. The fourth-order valence-electron chi connectivity index (χ4n) is 21.9. The van der Waals surface area contributed by atoms with Gasteiger partial charge in [-0.2, -0.15) is 0 Å². The van der Waals surface area contributed by atoms with E-state index in [0.717, 1.165) is 64.2 Å². The number of hydrogen-bond donors (Lipinski definition) is 0. The summed E-state index contributed by atoms with van der Waals surface area (Å²) in [5, 5.41) is 36.4. The molecule has 13 aromatic carbocycles. The van der Waals surface area contributed by atoms with Crippen LogP contribution in [0.25, 0.3) is 129 Å². The summed E-state index contributed by atoms with van der Waals surface area (Å²) in [4.78, 5) is 11.9. The molecule has 0 aliphatic rings. The highest BCUT2D eigenvalue weighted by molar-refractivity contribution is 6.61. The van der Waals surface area contributed by atoms with E-state index in [4.69, 9.17) is 4.74 Å². The Bertz CT molecular complexity index is 4830. The fourth-order valence-corrected chi connectivity index (χ4v) is 21.9. The molecule has 0 spiro atoms. The predicted molar refractivity (Wildman–Crippen MR) is 517 cm³/mol. The second-order valence-corrected chi connectivity index (χ2v) is 37.7. The quantitative estimate of drug-likeness (QED) is 0.0125. The molecule has 2 nitrogen and oxygen atoms in total. The normalized spacial score (nSPS) is 12.5. The summed E-state index contributed by atoms with van der Waals surface area (Å²) in [5.74, 6) is 7.74. The predicted octanol–water partition coefficient (Wildman–Crippen LogP) is 37.1. The summed E-state index contributed by atoms with van der Waals surface area (Å²) in [5.41, 5.74) is 8.88. The number of carbonyl (C=O) groups is 1. The van der Waals surface area contributed by atoms with Gasteiger partial charge in [-0.05, 0) is 246 Å². The van der Waals surface area contributed by atoms with E-state index in [9.17, 15) is 4.79 Å². The molecular weight excluding hydrogens is 1400 g/mol. The Morgan fingerprint density at radius 3 is 0.586 bits per heavy atom. The number of ether oxygens (including phenoxy) is 1. The van der Waals surface area contributed by atoms with Gasteiger partial charge in [0.25, 0.3) is 0 Å². The largest absolute Gasteiger partial charge is 0.469 e. The Balaban J connectivity index is 1.02. The van der Waals surface area contributed by atoms with Crippen molar-refractivity contribution >= 4 is 135 Å². The third-order valence-electron chi connectivity index (χ3n) is 28.4. The molecule has 116 heavy (non-hydrogen) atoms. The van der Waals surface area contributed by atoms with Gasteiger partial charge in [0.2, 0.25) is 0 Å². The van der Waals surface area contributed by atoms with Crippen LogP contribution in [0.2, 0.25) is 0 Å². The maximum absolute atomic E-state index is 11.9. The van der Waals surface area contributed by atoms with Crippen LogP contribution in [-0.2, 0) is 41.6 Å². The Kier molecular flexibility index (Phi) is 34.9. The maximum atomic E-state index is 11.9. The molecule has 624 valence electrons. The third-order valence-corrected chi connectivity index (χ3v) is 28.4. The zero-order valence-corrected chi connectivity index (χ0v) is 74.8. The SMILES string of the molecule is CCCCCCCCCCCCc1cc2c3cc(C#CCCCCCCCCC(=O)OC)cc4c5cc(CCCCCCCCCCCC)cc6c7cc(CCCCCCCCCCCC)cc8c9cc(CCCCCCCCCCCC)cc%10c%11cc(CCCCCCCCCCCC)cc%12c(c1)c2c1c(c34)c(c56)c(c78)c(c%109)c1c%12%11. The van der Waals surface area contributed by atoms with E-state index in [2.05, 4.69) is 119 Å². The summed E-state index contributed by atoms with van der Waals surface area (Å²) in [6.45, 7) is 11.7. The number of unbranched alkanes of at least 4 members (excludes halogenated alkanes) is 51. The number of carbonyl (C=O) groups excluding carboxylic acids is 1. The summed E-state index contributed by atoms with van der Waals surface area (Å²) in [6, 6.07) is 33.0. The smallest absolute Gasteiger partial charge is 0.305 e. The molecule has 0 radical (unpaired) electrons. The van der Waals surface area contributed by atoms with Crippen molar-refractivity contribution in [1.29, 1.82) is 0 Å². The van der Waals surface area contributed by atoms with E-state index in [1.807, 2.05) is 0 Å². The van der Waals surface area contributed by atoms with Crippen LogP contribution in [0.1, 0.15) is 440 Å². The molecule has 0 amide bonds. The Labute approximate surface area is 704 Å². The average molecular weight is 1560 g/mol. The molecule has 0 atom stereocenters. The molecule has 0 aliphatic carbocycles. The van der Waals surface area contributed by atoms with Crippen molar-refractivity contribution in [3.63, 3.8) is 0 Å². The lowest BCUT2D eigenvalue weighted by Crippen LogP contribution is -2.03. The van der Waals surface area contributed by atoms with Gasteiger partial charge in [-0.25, -0.2) is 0 Å². The van der Waals surface area contributed by atoms with Crippen molar-refractivity contribution in [1.82, 2.24) is 0 Å². The standard InChI is InChI=1S/C114H156O2/c1-7-12-17-22-27-32-37-44-51-58-65-84-72-90-92-74-85(66-59-52-45-38-33-28-23-18-13-8-2)76-94-96-78-87(68-61-54-47-40-35-30-25-20-15-10-4)80-98-100-82-89(70-63-56-49-42-43-50-57-64-71-102(115)116-6)83-101-99-81-88(69-62-55-48-41-36-31-26-21-16-11-5)79-97-95-77-86(67-60-53-46-39-34-29-24-19-14-9-3)75-93-91(73-84)103(90)109-110(104(92)94)112(106(96)98)114(108(100)101)113(107(97)99)111(109)105(93)95/h72-83H,7-62,64-69,71H2,1-6H3. The van der Waals surface area contributed by atoms with Crippen LogP contribution in [0.3, 0.4) is 0 Å². The first kappa shape index (κ1) is 87.4. The highest BCUT2D eigenvalue weighted by Crippen LogP contribution is 2.61. The van der Waals surface area contributed by atoms with Gasteiger partial charge in [0.15, 0.2) is 0 Å². The van der Waals surface area contributed by atoms with Crippen LogP contribution in [0.15, 0.2) is 72.8 Å². The minimum Gasteiger partial charge on any atom is -0.469 e. The Morgan fingerprint density at radius 2 is 0.388 bits per heavy atom. The van der Waals surface area contributed by atoms with Crippen LogP contribution in [0, 0.1) is 11.8 Å². The molecule has 2 heteroatoms. The molecule has 13 aromatic rings. The summed E-state index contributed by atoms with van der Waals surface area (Å²) >= 11 is 0. The number of fused-ring (bicyclic) bond motifs is 6. The van der Waals surface area contributed by atoms with Gasteiger partial charge >= 0.3 is 5.97 Å². The van der Waals surface area contributed by atoms with Gasteiger partial charge in [-0.3, -0.25) is 4.79 Å². The van der Waals surface area contributed by atoms with Crippen molar-refractivity contribution in [2.45, 2.75) is 439 Å². The zero-order valence-electron chi connectivity index (χ0n) is 74.8. The van der Waals surface area contributed by atoms with Crippen LogP contribution in [-0.4, -0.2) is 13.1 Å². The fraction of sp³-hybridized carbons (Fsp3) is 0.605. The van der Waals surface area contributed by atoms with Gasteiger partial charge in [-0.1, -0.05) is 422 Å². The van der Waals surface area contributed by atoms with Gasteiger partial charge < -0.3 is 4.74 Å². The lowest BCUT2D eigenvalue weighted by Gasteiger charge is -2.30. The van der Waals surface area contributed by atoms with E-state index in [0.29, 0.717) is 6.42 Å². The second kappa shape index (κ2) is 46.4. The molecule has 0 unspecified atom stereocenters. The third kappa shape index (κ3) is 21.8. The molecule has 0 aromatic heterocycles. The number of esters is 1. The maximum Gasteiger partial charge on any atom is 0.305 e. The molecule has 0 aliphatic heterocycles. The minimum absolute atomic E-state index is 0.0871. The monoisotopic (exact) mass is 1560 g/mol. The van der Waals surface area contributed by atoms with Crippen molar-refractivity contribution in [3.8, 4) is 11.8 Å². The van der Waals surface area contributed by atoms with Crippen molar-refractivity contribution < 1.29 is 9.53 Å². The summed E-state index contributed by atoms with van der Waals surface area (Å²) in [7, 11) is 1.51. The van der Waals surface area contributed by atoms with Gasteiger partial charge in [0.05, 0.1) is 7.11 Å². The van der Waals surface area contributed by atoms with Crippen molar-refractivity contribution in [3.05, 3.63) is 106 Å². The van der Waals surface area contributed by atoms with E-state index in [1.54, 1.807) is 59.8 Å². The molecule has 0 saturated carbocycles. The van der Waals surface area contributed by atoms with Gasteiger partial charge in [-0.15, -0.1) is 0 Å². The molecule has 13 rings (SSSR count).